The number of benzene rings is 1. The first-order valence-electron chi connectivity index (χ1n) is 7.52. The Morgan fingerprint density at radius 3 is 2.26 bits per heavy atom. The molecule has 3 nitrogen and oxygen atoms in total. The van der Waals surface area contributed by atoms with Gasteiger partial charge in [0, 0.05) is 45.3 Å². The third kappa shape index (κ3) is 4.03. The zero-order chi connectivity index (χ0) is 13.1. The van der Waals surface area contributed by atoms with Gasteiger partial charge in [-0.15, -0.1) is 0 Å². The quantitative estimate of drug-likeness (QED) is 0.868. The van der Waals surface area contributed by atoms with Crippen molar-refractivity contribution in [3.8, 4) is 0 Å². The third-order valence-corrected chi connectivity index (χ3v) is 4.20. The molecule has 0 spiro atoms. The SMILES string of the molecule is CN1CCN(Cc2ccc(CNC3CC3)cc2)CC1. The Morgan fingerprint density at radius 1 is 1.00 bits per heavy atom. The summed E-state index contributed by atoms with van der Waals surface area (Å²) in [6.45, 7) is 6.92. The molecule has 3 heteroatoms. The van der Waals surface area contributed by atoms with E-state index in [2.05, 4.69) is 46.4 Å². The summed E-state index contributed by atoms with van der Waals surface area (Å²) in [4.78, 5) is 4.96. The minimum atomic E-state index is 0.796. The fourth-order valence-corrected chi connectivity index (χ4v) is 2.58. The van der Waals surface area contributed by atoms with Gasteiger partial charge in [0.2, 0.25) is 0 Å². The molecule has 1 aliphatic carbocycles. The second-order valence-electron chi connectivity index (χ2n) is 6.05. The number of hydrogen-bond donors (Lipinski definition) is 1. The zero-order valence-corrected chi connectivity index (χ0v) is 11.9. The fraction of sp³-hybridized carbons (Fsp3) is 0.625. The standard InChI is InChI=1S/C16H25N3/c1-18-8-10-19(11-9-18)13-15-4-2-14(3-5-15)12-17-16-6-7-16/h2-5,16-17H,6-13H2,1H3. The average molecular weight is 259 g/mol. The molecular formula is C16H25N3. The molecule has 1 aromatic carbocycles. The van der Waals surface area contributed by atoms with Gasteiger partial charge in [0.05, 0.1) is 0 Å². The van der Waals surface area contributed by atoms with Crippen molar-refractivity contribution in [2.24, 2.45) is 0 Å². The van der Waals surface area contributed by atoms with E-state index in [0.717, 1.165) is 19.1 Å². The Hall–Kier alpha value is -0.900. The Balaban J connectivity index is 1.47. The lowest BCUT2D eigenvalue weighted by Gasteiger charge is -2.32. The van der Waals surface area contributed by atoms with Gasteiger partial charge in [-0.1, -0.05) is 24.3 Å². The van der Waals surface area contributed by atoms with Crippen LogP contribution in [0.25, 0.3) is 0 Å². The van der Waals surface area contributed by atoms with Gasteiger partial charge in [-0.2, -0.15) is 0 Å². The summed E-state index contributed by atoms with van der Waals surface area (Å²) >= 11 is 0. The first-order valence-corrected chi connectivity index (χ1v) is 7.52. The molecule has 0 radical (unpaired) electrons. The highest BCUT2D eigenvalue weighted by molar-refractivity contribution is 5.22. The minimum absolute atomic E-state index is 0.796. The van der Waals surface area contributed by atoms with Crippen molar-refractivity contribution in [1.82, 2.24) is 15.1 Å². The van der Waals surface area contributed by atoms with Gasteiger partial charge in [-0.3, -0.25) is 4.90 Å². The third-order valence-electron chi connectivity index (χ3n) is 4.20. The fourth-order valence-electron chi connectivity index (χ4n) is 2.58. The van der Waals surface area contributed by atoms with Crippen molar-refractivity contribution in [1.29, 1.82) is 0 Å². The van der Waals surface area contributed by atoms with Crippen LogP contribution >= 0.6 is 0 Å². The van der Waals surface area contributed by atoms with E-state index < -0.39 is 0 Å². The van der Waals surface area contributed by atoms with Crippen LogP contribution in [-0.4, -0.2) is 49.1 Å². The van der Waals surface area contributed by atoms with Gasteiger partial charge in [-0.25, -0.2) is 0 Å². The molecule has 1 heterocycles. The minimum Gasteiger partial charge on any atom is -0.310 e. The molecule has 1 aliphatic heterocycles. The van der Waals surface area contributed by atoms with E-state index >= 15 is 0 Å². The van der Waals surface area contributed by atoms with Crippen molar-refractivity contribution in [2.75, 3.05) is 33.2 Å². The maximum absolute atomic E-state index is 3.56. The van der Waals surface area contributed by atoms with Gasteiger partial charge in [-0.05, 0) is 31.0 Å². The first-order chi connectivity index (χ1) is 9.29. The molecule has 3 rings (SSSR count). The van der Waals surface area contributed by atoms with Crippen LogP contribution in [0.15, 0.2) is 24.3 Å². The lowest BCUT2D eigenvalue weighted by atomic mass is 10.1. The van der Waals surface area contributed by atoms with Crippen molar-refractivity contribution < 1.29 is 0 Å². The molecule has 0 aromatic heterocycles. The lowest BCUT2D eigenvalue weighted by Crippen LogP contribution is -2.43. The molecular weight excluding hydrogens is 234 g/mol. The van der Waals surface area contributed by atoms with Crippen LogP contribution in [0.2, 0.25) is 0 Å². The monoisotopic (exact) mass is 259 g/mol. The summed E-state index contributed by atoms with van der Waals surface area (Å²) < 4.78 is 0. The Labute approximate surface area is 116 Å². The molecule has 0 bridgehead atoms. The summed E-state index contributed by atoms with van der Waals surface area (Å²) in [7, 11) is 2.21. The average Bonchev–Trinajstić information content (AvgIpc) is 3.25. The van der Waals surface area contributed by atoms with Crippen LogP contribution in [0.1, 0.15) is 24.0 Å². The number of rotatable bonds is 5. The van der Waals surface area contributed by atoms with Gasteiger partial charge in [0.15, 0.2) is 0 Å². The van der Waals surface area contributed by atoms with Gasteiger partial charge < -0.3 is 10.2 Å². The summed E-state index contributed by atoms with van der Waals surface area (Å²) in [6.07, 6.45) is 2.73. The largest absolute Gasteiger partial charge is 0.310 e. The van der Waals surface area contributed by atoms with Crippen LogP contribution in [-0.2, 0) is 13.1 Å². The Kier molecular flexibility index (Phi) is 4.16. The maximum atomic E-state index is 3.56. The van der Waals surface area contributed by atoms with Crippen molar-refractivity contribution in [3.63, 3.8) is 0 Å². The van der Waals surface area contributed by atoms with Crippen molar-refractivity contribution >= 4 is 0 Å². The highest BCUT2D eigenvalue weighted by Crippen LogP contribution is 2.19. The second-order valence-corrected chi connectivity index (χ2v) is 6.05. The van der Waals surface area contributed by atoms with Crippen LogP contribution in [0.5, 0.6) is 0 Å². The van der Waals surface area contributed by atoms with E-state index in [4.69, 9.17) is 0 Å². The maximum Gasteiger partial charge on any atom is 0.0234 e. The molecule has 1 saturated carbocycles. The van der Waals surface area contributed by atoms with Gasteiger partial charge in [0.1, 0.15) is 0 Å². The normalized spacial score (nSPS) is 21.7. The molecule has 0 amide bonds. The highest BCUT2D eigenvalue weighted by atomic mass is 15.2. The lowest BCUT2D eigenvalue weighted by molar-refractivity contribution is 0.148. The van der Waals surface area contributed by atoms with E-state index in [-0.39, 0.29) is 0 Å². The number of nitrogens with zero attached hydrogens (tertiary/aromatic N) is 2. The van der Waals surface area contributed by atoms with Crippen molar-refractivity contribution in [3.05, 3.63) is 35.4 Å². The molecule has 2 aliphatic rings. The van der Waals surface area contributed by atoms with Crippen LogP contribution < -0.4 is 5.32 Å². The predicted octanol–water partition coefficient (Wildman–Crippen LogP) is 1.69. The topological polar surface area (TPSA) is 18.5 Å². The summed E-state index contributed by atoms with van der Waals surface area (Å²) in [6, 6.07) is 9.94. The Morgan fingerprint density at radius 2 is 1.63 bits per heavy atom. The van der Waals surface area contributed by atoms with E-state index in [0.29, 0.717) is 0 Å². The smallest absolute Gasteiger partial charge is 0.0234 e. The molecule has 2 fully saturated rings. The van der Waals surface area contributed by atoms with Crippen LogP contribution in [0.3, 0.4) is 0 Å². The molecule has 1 N–H and O–H groups in total. The van der Waals surface area contributed by atoms with E-state index in [1.807, 2.05) is 0 Å². The van der Waals surface area contributed by atoms with Crippen LogP contribution in [0.4, 0.5) is 0 Å². The second kappa shape index (κ2) is 6.04. The van der Waals surface area contributed by atoms with E-state index in [1.54, 1.807) is 0 Å². The summed E-state index contributed by atoms with van der Waals surface area (Å²) in [5, 5.41) is 3.56. The molecule has 0 atom stereocenters. The van der Waals surface area contributed by atoms with Gasteiger partial charge >= 0.3 is 0 Å². The van der Waals surface area contributed by atoms with Gasteiger partial charge in [0.25, 0.3) is 0 Å². The summed E-state index contributed by atoms with van der Waals surface area (Å²) in [5.74, 6) is 0. The number of piperazine rings is 1. The number of hydrogen-bond acceptors (Lipinski definition) is 3. The molecule has 104 valence electrons. The zero-order valence-electron chi connectivity index (χ0n) is 11.9. The molecule has 1 aromatic rings. The highest BCUT2D eigenvalue weighted by Gasteiger charge is 2.19. The van der Waals surface area contributed by atoms with E-state index in [9.17, 15) is 0 Å². The predicted molar refractivity (Wildman–Crippen MR) is 79.1 cm³/mol. The number of nitrogens with one attached hydrogen (secondary N) is 1. The molecule has 19 heavy (non-hydrogen) atoms. The van der Waals surface area contributed by atoms with Crippen LogP contribution in [0, 0.1) is 0 Å². The first kappa shape index (κ1) is 13.1. The van der Waals surface area contributed by atoms with Crippen molar-refractivity contribution in [2.45, 2.75) is 32.0 Å². The number of likely N-dealkylation sites (N-methyl/N-ethyl adjacent to an activating group) is 1. The molecule has 0 unspecified atom stereocenters. The Bertz CT molecular complexity index is 389. The molecule has 1 saturated heterocycles. The van der Waals surface area contributed by atoms with E-state index in [1.165, 1.54) is 50.1 Å². The summed E-state index contributed by atoms with van der Waals surface area (Å²) in [5.41, 5.74) is 2.86.